The maximum atomic E-state index is 5.78. The van der Waals surface area contributed by atoms with Crippen LogP contribution in [-0.2, 0) is 12.3 Å². The number of aromatic nitrogens is 2. The van der Waals surface area contributed by atoms with Crippen molar-refractivity contribution in [3.63, 3.8) is 0 Å². The van der Waals surface area contributed by atoms with E-state index < -0.39 is 0 Å². The van der Waals surface area contributed by atoms with Gasteiger partial charge >= 0.3 is 0 Å². The first-order chi connectivity index (χ1) is 9.29. The van der Waals surface area contributed by atoms with Crippen LogP contribution in [0.2, 0.25) is 0 Å². The summed E-state index contributed by atoms with van der Waals surface area (Å²) >= 11 is 5.78. The molecule has 0 amide bonds. The van der Waals surface area contributed by atoms with Crippen LogP contribution in [0.25, 0.3) is 0 Å². The number of para-hydroxylation sites is 1. The fraction of sp³-hybridized carbons (Fsp3) is 0.333. The molecular formula is C15H16ClN3. The Labute approximate surface area is 118 Å². The molecule has 0 saturated carbocycles. The molecule has 1 aromatic carbocycles. The van der Waals surface area contributed by atoms with Gasteiger partial charge in [0.05, 0.1) is 5.88 Å². The van der Waals surface area contributed by atoms with Crippen molar-refractivity contribution < 1.29 is 0 Å². The molecule has 19 heavy (non-hydrogen) atoms. The predicted octanol–water partition coefficient (Wildman–Crippen LogP) is 3.69. The van der Waals surface area contributed by atoms with E-state index in [2.05, 4.69) is 46.1 Å². The molecule has 3 rings (SSSR count). The third kappa shape index (κ3) is 2.30. The van der Waals surface area contributed by atoms with Crippen molar-refractivity contribution >= 4 is 23.2 Å². The molecule has 0 aliphatic carbocycles. The standard InChI is InChI=1S/C15H16ClN3/c1-11-6-7-13-4-2-3-5-14(13)19(11)15-17-9-12(8-16)10-18-15/h2-5,9-11H,6-8H2,1H3. The van der Waals surface area contributed by atoms with Crippen LogP contribution in [0.15, 0.2) is 36.7 Å². The molecule has 3 nitrogen and oxygen atoms in total. The molecule has 0 fully saturated rings. The number of aryl methyl sites for hydroxylation is 1. The molecule has 1 atom stereocenters. The summed E-state index contributed by atoms with van der Waals surface area (Å²) in [5.74, 6) is 1.21. The molecule has 1 aromatic heterocycles. The quantitative estimate of drug-likeness (QED) is 0.782. The second-order valence-corrected chi connectivity index (χ2v) is 5.18. The lowest BCUT2D eigenvalue weighted by atomic mass is 9.97. The summed E-state index contributed by atoms with van der Waals surface area (Å²) in [5.41, 5.74) is 3.54. The topological polar surface area (TPSA) is 29.0 Å². The van der Waals surface area contributed by atoms with Gasteiger partial charge in [0.1, 0.15) is 0 Å². The molecule has 2 aromatic rings. The highest BCUT2D eigenvalue weighted by atomic mass is 35.5. The number of halogens is 1. The zero-order valence-corrected chi connectivity index (χ0v) is 11.6. The second-order valence-electron chi connectivity index (χ2n) is 4.91. The highest BCUT2D eigenvalue weighted by Crippen LogP contribution is 2.34. The van der Waals surface area contributed by atoms with Crippen LogP contribution in [0, 0.1) is 0 Å². The Kier molecular flexibility index (Phi) is 3.38. The van der Waals surface area contributed by atoms with Gasteiger partial charge in [0.15, 0.2) is 0 Å². The summed E-state index contributed by atoms with van der Waals surface area (Å²) in [6.07, 6.45) is 5.85. The first kappa shape index (κ1) is 12.4. The van der Waals surface area contributed by atoms with Crippen molar-refractivity contribution in [2.45, 2.75) is 31.7 Å². The summed E-state index contributed by atoms with van der Waals surface area (Å²) in [6, 6.07) is 8.89. The lowest BCUT2D eigenvalue weighted by Crippen LogP contribution is -2.34. The largest absolute Gasteiger partial charge is 0.307 e. The Bertz CT molecular complexity index is 568. The number of rotatable bonds is 2. The van der Waals surface area contributed by atoms with Gasteiger partial charge < -0.3 is 4.90 Å². The van der Waals surface area contributed by atoms with Gasteiger partial charge in [-0.1, -0.05) is 18.2 Å². The fourth-order valence-electron chi connectivity index (χ4n) is 2.53. The summed E-state index contributed by atoms with van der Waals surface area (Å²) in [4.78, 5) is 11.1. The molecule has 0 radical (unpaired) electrons. The molecule has 4 heteroatoms. The van der Waals surface area contributed by atoms with Gasteiger partial charge in [-0.05, 0) is 31.4 Å². The Morgan fingerprint density at radius 2 is 2.00 bits per heavy atom. The number of alkyl halides is 1. The zero-order valence-electron chi connectivity index (χ0n) is 10.9. The number of fused-ring (bicyclic) bond motifs is 1. The van der Waals surface area contributed by atoms with E-state index in [1.165, 1.54) is 11.3 Å². The normalized spacial score (nSPS) is 18.2. The average molecular weight is 274 g/mol. The minimum Gasteiger partial charge on any atom is -0.307 e. The molecule has 1 unspecified atom stereocenters. The number of nitrogens with zero attached hydrogens (tertiary/aromatic N) is 3. The van der Waals surface area contributed by atoms with Crippen LogP contribution < -0.4 is 4.90 Å². The van der Waals surface area contributed by atoms with Crippen molar-refractivity contribution in [3.8, 4) is 0 Å². The Hall–Kier alpha value is -1.61. The number of hydrogen-bond donors (Lipinski definition) is 0. The molecule has 1 aliphatic rings. The molecule has 0 N–H and O–H groups in total. The summed E-state index contributed by atoms with van der Waals surface area (Å²) in [6.45, 7) is 2.22. The van der Waals surface area contributed by atoms with Crippen molar-refractivity contribution in [3.05, 3.63) is 47.8 Å². The maximum absolute atomic E-state index is 5.78. The fourth-order valence-corrected chi connectivity index (χ4v) is 2.67. The molecule has 98 valence electrons. The Morgan fingerprint density at radius 3 is 2.74 bits per heavy atom. The van der Waals surface area contributed by atoms with Gasteiger partial charge in [-0.25, -0.2) is 9.97 Å². The maximum Gasteiger partial charge on any atom is 0.230 e. The molecule has 0 spiro atoms. The zero-order chi connectivity index (χ0) is 13.2. The van der Waals surface area contributed by atoms with Gasteiger partial charge in [0, 0.05) is 29.7 Å². The van der Waals surface area contributed by atoms with Crippen LogP contribution in [0.4, 0.5) is 11.6 Å². The highest BCUT2D eigenvalue weighted by Gasteiger charge is 2.25. The first-order valence-corrected chi connectivity index (χ1v) is 7.07. The summed E-state index contributed by atoms with van der Waals surface area (Å²) in [7, 11) is 0. The number of hydrogen-bond acceptors (Lipinski definition) is 3. The number of anilines is 2. The third-order valence-corrected chi connectivity index (χ3v) is 3.89. The highest BCUT2D eigenvalue weighted by molar-refractivity contribution is 6.17. The lowest BCUT2D eigenvalue weighted by Gasteiger charge is -2.35. The van der Waals surface area contributed by atoms with E-state index >= 15 is 0 Å². The van der Waals surface area contributed by atoms with Crippen LogP contribution in [-0.4, -0.2) is 16.0 Å². The smallest absolute Gasteiger partial charge is 0.230 e. The second kappa shape index (κ2) is 5.17. The van der Waals surface area contributed by atoms with Crippen LogP contribution >= 0.6 is 11.6 Å². The van der Waals surface area contributed by atoms with Crippen molar-refractivity contribution in [1.29, 1.82) is 0 Å². The van der Waals surface area contributed by atoms with Crippen LogP contribution in [0.5, 0.6) is 0 Å². The van der Waals surface area contributed by atoms with E-state index in [0.29, 0.717) is 11.9 Å². The van der Waals surface area contributed by atoms with E-state index in [-0.39, 0.29) is 0 Å². The molecule has 1 aliphatic heterocycles. The summed E-state index contributed by atoms with van der Waals surface area (Å²) < 4.78 is 0. The van der Waals surface area contributed by atoms with E-state index in [9.17, 15) is 0 Å². The van der Waals surface area contributed by atoms with Crippen molar-refractivity contribution in [2.75, 3.05) is 4.90 Å². The van der Waals surface area contributed by atoms with Crippen molar-refractivity contribution in [1.82, 2.24) is 9.97 Å². The van der Waals surface area contributed by atoms with Gasteiger partial charge in [0.25, 0.3) is 0 Å². The van der Waals surface area contributed by atoms with Gasteiger partial charge in [0.2, 0.25) is 5.95 Å². The van der Waals surface area contributed by atoms with E-state index in [1.54, 1.807) is 12.4 Å². The van der Waals surface area contributed by atoms with Crippen LogP contribution in [0.1, 0.15) is 24.5 Å². The van der Waals surface area contributed by atoms with E-state index in [4.69, 9.17) is 11.6 Å². The SMILES string of the molecule is CC1CCc2ccccc2N1c1ncc(CCl)cn1. The molecular weight excluding hydrogens is 258 g/mol. The Balaban J connectivity index is 2.02. The van der Waals surface area contributed by atoms with Gasteiger partial charge in [-0.15, -0.1) is 11.6 Å². The third-order valence-electron chi connectivity index (χ3n) is 3.58. The minimum absolute atomic E-state index is 0.414. The molecule has 0 saturated heterocycles. The van der Waals surface area contributed by atoms with Gasteiger partial charge in [-0.2, -0.15) is 0 Å². The molecule has 2 heterocycles. The van der Waals surface area contributed by atoms with E-state index in [1.807, 2.05) is 0 Å². The predicted molar refractivity (Wildman–Crippen MR) is 78.0 cm³/mol. The summed E-state index contributed by atoms with van der Waals surface area (Å²) in [5, 5.41) is 0. The molecule has 0 bridgehead atoms. The van der Waals surface area contributed by atoms with Crippen molar-refractivity contribution in [2.24, 2.45) is 0 Å². The number of benzene rings is 1. The lowest BCUT2D eigenvalue weighted by molar-refractivity contribution is 0.607. The first-order valence-electron chi connectivity index (χ1n) is 6.53. The Morgan fingerprint density at radius 1 is 1.26 bits per heavy atom. The average Bonchev–Trinajstić information content (AvgIpc) is 2.47. The van der Waals surface area contributed by atoms with Gasteiger partial charge in [-0.3, -0.25) is 0 Å². The van der Waals surface area contributed by atoms with Crippen LogP contribution in [0.3, 0.4) is 0 Å². The van der Waals surface area contributed by atoms with E-state index in [0.717, 1.165) is 24.4 Å². The minimum atomic E-state index is 0.414. The monoisotopic (exact) mass is 273 g/mol.